The van der Waals surface area contributed by atoms with Crippen molar-refractivity contribution in [1.29, 1.82) is 0 Å². The second-order valence-electron chi connectivity index (χ2n) is 4.72. The lowest BCUT2D eigenvalue weighted by atomic mass is 10.1. The summed E-state index contributed by atoms with van der Waals surface area (Å²) in [5.74, 6) is -0.656. The molecule has 120 valence electrons. The quantitative estimate of drug-likeness (QED) is 0.254. The first-order valence-corrected chi connectivity index (χ1v) is 8.62. The summed E-state index contributed by atoms with van der Waals surface area (Å²) < 4.78 is 11.0. The molecule has 3 aromatic rings. The lowest BCUT2D eigenvalue weighted by Crippen LogP contribution is -2.10. The number of carbonyl (C=O) groups is 2. The predicted octanol–water partition coefficient (Wildman–Crippen LogP) is 5.22. The first-order chi connectivity index (χ1) is 11.6. The van der Waals surface area contributed by atoms with E-state index in [1.807, 2.05) is 17.5 Å². The Morgan fingerprint density at radius 2 is 2.04 bits per heavy atom. The molecule has 1 aromatic carbocycles. The molecule has 0 aliphatic heterocycles. The number of hydrogen-bond acceptors (Lipinski definition) is 5. The van der Waals surface area contributed by atoms with Crippen LogP contribution in [0, 0.1) is 0 Å². The fourth-order valence-corrected chi connectivity index (χ4v) is 2.94. The average molecular weight is 403 g/mol. The first-order valence-electron chi connectivity index (χ1n) is 6.94. The van der Waals surface area contributed by atoms with Gasteiger partial charge in [0.2, 0.25) is 5.76 Å². The normalized spacial score (nSPS) is 10.9. The van der Waals surface area contributed by atoms with Gasteiger partial charge in [-0.3, -0.25) is 4.79 Å². The van der Waals surface area contributed by atoms with Crippen molar-refractivity contribution in [3.05, 3.63) is 80.9 Å². The fraction of sp³-hybridized carbons (Fsp3) is 0. The molecular weight excluding hydrogens is 392 g/mol. The SMILES string of the molecule is O=C(Oc1ccc(Br)cc1C(=O)/C=C\c1cccs1)c1ccco1. The van der Waals surface area contributed by atoms with Gasteiger partial charge in [0.1, 0.15) is 5.75 Å². The van der Waals surface area contributed by atoms with E-state index < -0.39 is 5.97 Å². The van der Waals surface area contributed by atoms with E-state index in [1.54, 1.807) is 30.3 Å². The van der Waals surface area contributed by atoms with Crippen LogP contribution in [-0.4, -0.2) is 11.8 Å². The molecule has 0 spiro atoms. The van der Waals surface area contributed by atoms with Crippen LogP contribution < -0.4 is 4.74 Å². The van der Waals surface area contributed by atoms with E-state index in [0.29, 0.717) is 4.47 Å². The van der Waals surface area contributed by atoms with Crippen LogP contribution in [0.4, 0.5) is 0 Å². The average Bonchev–Trinajstić information content (AvgIpc) is 3.27. The molecule has 2 heterocycles. The Labute approximate surface area is 150 Å². The zero-order valence-corrected chi connectivity index (χ0v) is 14.7. The minimum atomic E-state index is -0.654. The molecule has 0 radical (unpaired) electrons. The lowest BCUT2D eigenvalue weighted by molar-refractivity contribution is 0.0700. The monoisotopic (exact) mass is 402 g/mol. The molecule has 4 nitrogen and oxygen atoms in total. The third-order valence-electron chi connectivity index (χ3n) is 3.07. The number of allylic oxidation sites excluding steroid dienone is 1. The van der Waals surface area contributed by atoms with Gasteiger partial charge >= 0.3 is 5.97 Å². The molecule has 0 saturated carbocycles. The summed E-state index contributed by atoms with van der Waals surface area (Å²) >= 11 is 4.86. The van der Waals surface area contributed by atoms with Gasteiger partial charge in [-0.25, -0.2) is 4.79 Å². The van der Waals surface area contributed by atoms with Crippen molar-refractivity contribution in [3.63, 3.8) is 0 Å². The number of carbonyl (C=O) groups excluding carboxylic acids is 2. The van der Waals surface area contributed by atoms with Gasteiger partial charge in [-0.15, -0.1) is 11.3 Å². The summed E-state index contributed by atoms with van der Waals surface area (Å²) in [5.41, 5.74) is 0.289. The highest BCUT2D eigenvalue weighted by molar-refractivity contribution is 9.10. The highest BCUT2D eigenvalue weighted by Gasteiger charge is 2.17. The summed E-state index contributed by atoms with van der Waals surface area (Å²) in [6.07, 6.45) is 4.57. The van der Waals surface area contributed by atoms with Crippen LogP contribution in [0.5, 0.6) is 5.75 Å². The minimum Gasteiger partial charge on any atom is -0.457 e. The number of esters is 1. The van der Waals surface area contributed by atoms with Crippen molar-refractivity contribution >= 4 is 45.1 Å². The molecule has 0 atom stereocenters. The molecule has 0 fully saturated rings. The number of rotatable bonds is 5. The van der Waals surface area contributed by atoms with Gasteiger partial charge in [-0.1, -0.05) is 22.0 Å². The Balaban J connectivity index is 1.85. The van der Waals surface area contributed by atoms with E-state index in [9.17, 15) is 9.59 Å². The van der Waals surface area contributed by atoms with Gasteiger partial charge in [-0.2, -0.15) is 0 Å². The van der Waals surface area contributed by atoms with Crippen LogP contribution in [0.1, 0.15) is 25.8 Å². The Morgan fingerprint density at radius 1 is 1.17 bits per heavy atom. The molecule has 0 unspecified atom stereocenters. The van der Waals surface area contributed by atoms with Crippen LogP contribution in [0.25, 0.3) is 6.08 Å². The maximum Gasteiger partial charge on any atom is 0.379 e. The third-order valence-corrected chi connectivity index (χ3v) is 4.41. The van der Waals surface area contributed by atoms with E-state index in [0.717, 1.165) is 4.88 Å². The molecule has 2 aromatic heterocycles. The second-order valence-corrected chi connectivity index (χ2v) is 6.62. The van der Waals surface area contributed by atoms with E-state index in [1.165, 1.54) is 29.7 Å². The van der Waals surface area contributed by atoms with Crippen molar-refractivity contribution in [1.82, 2.24) is 0 Å². The summed E-state index contributed by atoms with van der Waals surface area (Å²) in [5, 5.41) is 1.93. The second kappa shape index (κ2) is 7.42. The molecule has 0 aliphatic rings. The van der Waals surface area contributed by atoms with E-state index in [2.05, 4.69) is 15.9 Å². The zero-order chi connectivity index (χ0) is 16.9. The number of hydrogen-bond donors (Lipinski definition) is 0. The number of thiophene rings is 1. The van der Waals surface area contributed by atoms with Crippen molar-refractivity contribution in [3.8, 4) is 5.75 Å². The fourth-order valence-electron chi connectivity index (χ4n) is 1.96. The summed E-state index contributed by atoms with van der Waals surface area (Å²) in [6, 6.07) is 11.8. The van der Waals surface area contributed by atoms with Crippen molar-refractivity contribution < 1.29 is 18.7 Å². The molecule has 3 rings (SSSR count). The van der Waals surface area contributed by atoms with Crippen LogP contribution in [0.3, 0.4) is 0 Å². The summed E-state index contributed by atoms with van der Waals surface area (Å²) in [6.45, 7) is 0. The lowest BCUT2D eigenvalue weighted by Gasteiger charge is -2.07. The summed E-state index contributed by atoms with van der Waals surface area (Å²) in [7, 11) is 0. The third kappa shape index (κ3) is 3.90. The molecule has 0 aliphatic carbocycles. The largest absolute Gasteiger partial charge is 0.457 e. The van der Waals surface area contributed by atoms with Crippen LogP contribution >= 0.6 is 27.3 Å². The molecule has 0 amide bonds. The highest BCUT2D eigenvalue weighted by atomic mass is 79.9. The Kier molecular flexibility index (Phi) is 5.08. The van der Waals surface area contributed by atoms with E-state index >= 15 is 0 Å². The molecule has 0 N–H and O–H groups in total. The molecule has 6 heteroatoms. The van der Waals surface area contributed by atoms with Crippen LogP contribution in [-0.2, 0) is 0 Å². The molecule has 24 heavy (non-hydrogen) atoms. The Morgan fingerprint density at radius 3 is 2.75 bits per heavy atom. The molecule has 0 saturated heterocycles. The van der Waals surface area contributed by atoms with Gasteiger partial charge in [0.25, 0.3) is 0 Å². The van der Waals surface area contributed by atoms with Gasteiger partial charge in [0, 0.05) is 9.35 Å². The number of furan rings is 1. The minimum absolute atomic E-state index is 0.0745. The van der Waals surface area contributed by atoms with Crippen LogP contribution in [0.15, 0.2) is 69.1 Å². The van der Waals surface area contributed by atoms with Gasteiger partial charge in [0.05, 0.1) is 11.8 Å². The molecular formula is C18H11BrO4S. The van der Waals surface area contributed by atoms with E-state index in [-0.39, 0.29) is 22.9 Å². The number of ether oxygens (including phenoxy) is 1. The highest BCUT2D eigenvalue weighted by Crippen LogP contribution is 2.25. The van der Waals surface area contributed by atoms with Crippen molar-refractivity contribution in [2.45, 2.75) is 0 Å². The number of benzene rings is 1. The first kappa shape index (κ1) is 16.4. The standard InChI is InChI=1S/C18H11BrO4S/c19-12-5-8-16(23-18(21)17-4-1-9-22-17)14(11-12)15(20)7-6-13-3-2-10-24-13/h1-11H/b7-6-. The van der Waals surface area contributed by atoms with Crippen LogP contribution in [0.2, 0.25) is 0 Å². The number of halogens is 1. The van der Waals surface area contributed by atoms with Gasteiger partial charge in [-0.05, 0) is 53.9 Å². The number of ketones is 1. The van der Waals surface area contributed by atoms with Gasteiger partial charge < -0.3 is 9.15 Å². The zero-order valence-electron chi connectivity index (χ0n) is 12.3. The Bertz CT molecular complexity index is 880. The maximum atomic E-state index is 12.5. The summed E-state index contributed by atoms with van der Waals surface area (Å²) in [4.78, 5) is 25.5. The Hall–Kier alpha value is -2.44. The predicted molar refractivity (Wildman–Crippen MR) is 95.5 cm³/mol. The smallest absolute Gasteiger partial charge is 0.379 e. The maximum absolute atomic E-state index is 12.5. The van der Waals surface area contributed by atoms with E-state index in [4.69, 9.17) is 9.15 Å². The molecule has 0 bridgehead atoms. The van der Waals surface area contributed by atoms with Gasteiger partial charge in [0.15, 0.2) is 5.78 Å². The van der Waals surface area contributed by atoms with Crippen molar-refractivity contribution in [2.24, 2.45) is 0 Å². The topological polar surface area (TPSA) is 56.5 Å². The van der Waals surface area contributed by atoms with Crippen molar-refractivity contribution in [2.75, 3.05) is 0 Å².